The molecule has 178 valence electrons. The zero-order valence-electron chi connectivity index (χ0n) is 18.4. The minimum absolute atomic E-state index is 0.0216. The number of ether oxygens (including phenoxy) is 1. The first-order valence-electron chi connectivity index (χ1n) is 10.7. The fraction of sp³-hybridized carbons (Fsp3) is 0.160. The van der Waals surface area contributed by atoms with Crippen molar-refractivity contribution in [1.29, 1.82) is 0 Å². The number of alkyl halides is 3. The van der Waals surface area contributed by atoms with Crippen LogP contribution in [0.2, 0.25) is 5.02 Å². The zero-order valence-corrected chi connectivity index (χ0v) is 19.1. The molecule has 6 nitrogen and oxygen atoms in total. The summed E-state index contributed by atoms with van der Waals surface area (Å²) in [5.74, 6) is 0.197. The zero-order chi connectivity index (χ0) is 24.6. The van der Waals surface area contributed by atoms with Gasteiger partial charge < -0.3 is 13.7 Å². The second-order valence-electron chi connectivity index (χ2n) is 7.67. The maximum atomic E-state index is 14.6. The van der Waals surface area contributed by atoms with Gasteiger partial charge in [0.1, 0.15) is 17.1 Å². The maximum Gasteiger partial charge on any atom is 0.432 e. The van der Waals surface area contributed by atoms with Crippen molar-refractivity contribution in [1.82, 2.24) is 19.7 Å². The smallest absolute Gasteiger partial charge is 0.432 e. The molecule has 0 N–H and O–H groups in total. The van der Waals surface area contributed by atoms with E-state index >= 15 is 0 Å². The molecule has 3 heterocycles. The van der Waals surface area contributed by atoms with Crippen LogP contribution >= 0.6 is 11.6 Å². The van der Waals surface area contributed by atoms with Gasteiger partial charge in [-0.3, -0.25) is 4.98 Å². The van der Waals surface area contributed by atoms with Crippen LogP contribution in [0.5, 0.6) is 5.75 Å². The highest BCUT2D eigenvalue weighted by atomic mass is 35.5. The third-order valence-electron chi connectivity index (χ3n) is 5.39. The highest BCUT2D eigenvalue weighted by Crippen LogP contribution is 2.44. The third-order valence-corrected chi connectivity index (χ3v) is 5.64. The van der Waals surface area contributed by atoms with Gasteiger partial charge in [0.25, 0.3) is 11.8 Å². The first-order valence-corrected chi connectivity index (χ1v) is 11.1. The summed E-state index contributed by atoms with van der Waals surface area (Å²) in [6.07, 6.45) is -3.18. The summed E-state index contributed by atoms with van der Waals surface area (Å²) in [6.45, 7) is 2.12. The van der Waals surface area contributed by atoms with Gasteiger partial charge >= 0.3 is 6.18 Å². The number of halogens is 4. The Balaban J connectivity index is 1.76. The lowest BCUT2D eigenvalue weighted by Gasteiger charge is -2.14. The van der Waals surface area contributed by atoms with Crippen LogP contribution in [0.15, 0.2) is 71.3 Å². The van der Waals surface area contributed by atoms with Crippen molar-refractivity contribution in [3.63, 3.8) is 0 Å². The first-order chi connectivity index (χ1) is 16.8. The Bertz CT molecular complexity index is 1480. The van der Waals surface area contributed by atoms with Gasteiger partial charge in [0.05, 0.1) is 12.2 Å². The number of benzene rings is 2. The quantitative estimate of drug-likeness (QED) is 0.255. The van der Waals surface area contributed by atoms with Crippen molar-refractivity contribution >= 4 is 22.5 Å². The van der Waals surface area contributed by atoms with Crippen LogP contribution in [-0.2, 0) is 12.7 Å². The Labute approximate surface area is 202 Å². The molecule has 0 aliphatic carbocycles. The van der Waals surface area contributed by atoms with Gasteiger partial charge in [-0.15, -0.1) is 10.2 Å². The van der Waals surface area contributed by atoms with E-state index in [0.29, 0.717) is 34.2 Å². The minimum Gasteiger partial charge on any atom is -0.494 e. The summed E-state index contributed by atoms with van der Waals surface area (Å²) >= 11 is 5.96. The van der Waals surface area contributed by atoms with E-state index in [1.54, 1.807) is 67.6 Å². The third kappa shape index (κ3) is 4.46. The Morgan fingerprint density at radius 3 is 2.46 bits per heavy atom. The number of nitrogens with zero attached hydrogens (tertiary/aromatic N) is 4. The number of hydrogen-bond donors (Lipinski definition) is 0. The maximum absolute atomic E-state index is 14.6. The Hall–Kier alpha value is -3.85. The standard InChI is InChI=1S/C25H18ClF3N4O2/c1-2-34-17-10-11-20-18(13-17)21(24-32-31-23(35-24)19-5-3-4-12-30-19)22(25(27,28)29)33(20)14-15-6-8-16(26)9-7-15/h3-13H,2,14H2,1H3. The van der Waals surface area contributed by atoms with Crippen LogP contribution in [0.3, 0.4) is 0 Å². The van der Waals surface area contributed by atoms with Gasteiger partial charge in [0.15, 0.2) is 0 Å². The lowest BCUT2D eigenvalue weighted by molar-refractivity contribution is -0.142. The van der Waals surface area contributed by atoms with E-state index in [4.69, 9.17) is 20.8 Å². The average Bonchev–Trinajstić information content (AvgIpc) is 3.44. The fourth-order valence-electron chi connectivity index (χ4n) is 3.96. The largest absolute Gasteiger partial charge is 0.494 e. The van der Waals surface area contributed by atoms with E-state index in [2.05, 4.69) is 15.2 Å². The number of hydrogen-bond acceptors (Lipinski definition) is 5. The second kappa shape index (κ2) is 9.07. The molecule has 0 saturated carbocycles. The van der Waals surface area contributed by atoms with Crippen LogP contribution in [0.25, 0.3) is 33.9 Å². The highest BCUT2D eigenvalue weighted by Gasteiger charge is 2.41. The molecule has 0 spiro atoms. The number of pyridine rings is 1. The monoisotopic (exact) mass is 498 g/mol. The molecule has 2 aromatic carbocycles. The molecule has 5 rings (SSSR count). The molecule has 0 saturated heterocycles. The summed E-state index contributed by atoms with van der Waals surface area (Å²) in [6, 6.07) is 16.5. The van der Waals surface area contributed by atoms with Crippen LogP contribution in [-0.4, -0.2) is 26.4 Å². The van der Waals surface area contributed by atoms with Crippen LogP contribution in [0, 0.1) is 0 Å². The van der Waals surface area contributed by atoms with Crippen LogP contribution < -0.4 is 4.74 Å². The Morgan fingerprint density at radius 2 is 1.77 bits per heavy atom. The summed E-state index contributed by atoms with van der Waals surface area (Å²) in [4.78, 5) is 4.14. The van der Waals surface area contributed by atoms with E-state index in [1.165, 1.54) is 10.8 Å². The van der Waals surface area contributed by atoms with E-state index in [-0.39, 0.29) is 29.3 Å². The molecule has 3 aromatic heterocycles. The van der Waals surface area contributed by atoms with Gasteiger partial charge in [-0.25, -0.2) is 0 Å². The van der Waals surface area contributed by atoms with Crippen molar-refractivity contribution < 1.29 is 22.3 Å². The Morgan fingerprint density at radius 1 is 1.00 bits per heavy atom. The minimum atomic E-state index is -4.72. The van der Waals surface area contributed by atoms with Crippen LogP contribution in [0.4, 0.5) is 13.2 Å². The molecule has 0 radical (unpaired) electrons. The molecule has 0 aliphatic rings. The molecule has 35 heavy (non-hydrogen) atoms. The SMILES string of the molecule is CCOc1ccc2c(c1)c(-c1nnc(-c3ccccn3)o1)c(C(F)(F)F)n2Cc1ccc(Cl)cc1. The first kappa shape index (κ1) is 22.9. The topological polar surface area (TPSA) is 66.0 Å². The van der Waals surface area contributed by atoms with Crippen LogP contribution in [0.1, 0.15) is 18.2 Å². The van der Waals surface area contributed by atoms with Crippen molar-refractivity contribution in [2.45, 2.75) is 19.6 Å². The fourth-order valence-corrected chi connectivity index (χ4v) is 4.08. The lowest BCUT2D eigenvalue weighted by Crippen LogP contribution is -2.15. The molecule has 0 fully saturated rings. The number of aromatic nitrogens is 4. The highest BCUT2D eigenvalue weighted by molar-refractivity contribution is 6.30. The normalized spacial score (nSPS) is 11.8. The number of rotatable bonds is 6. The average molecular weight is 499 g/mol. The summed E-state index contributed by atoms with van der Waals surface area (Å²) in [5.41, 5.74) is 0.255. The van der Waals surface area contributed by atoms with E-state index in [9.17, 15) is 13.2 Å². The van der Waals surface area contributed by atoms with Gasteiger partial charge in [0, 0.05) is 28.7 Å². The predicted molar refractivity (Wildman–Crippen MR) is 125 cm³/mol. The molecular formula is C25H18ClF3N4O2. The van der Waals surface area contributed by atoms with Gasteiger partial charge in [-0.05, 0) is 55.0 Å². The molecule has 0 aliphatic heterocycles. The molecule has 0 unspecified atom stereocenters. The van der Waals surface area contributed by atoms with Crippen molar-refractivity contribution in [2.24, 2.45) is 0 Å². The number of fused-ring (bicyclic) bond motifs is 1. The van der Waals surface area contributed by atoms with Gasteiger partial charge in [-0.1, -0.05) is 29.8 Å². The van der Waals surface area contributed by atoms with Gasteiger partial charge in [-0.2, -0.15) is 13.2 Å². The predicted octanol–water partition coefficient (Wildman–Crippen LogP) is 6.87. The Kier molecular flexibility index (Phi) is 5.94. The molecular weight excluding hydrogens is 481 g/mol. The van der Waals surface area contributed by atoms with Crippen molar-refractivity contribution in [3.8, 4) is 28.8 Å². The summed E-state index contributed by atoms with van der Waals surface area (Å²) in [7, 11) is 0. The van der Waals surface area contributed by atoms with Gasteiger partial charge in [0.2, 0.25) is 0 Å². The lowest BCUT2D eigenvalue weighted by atomic mass is 10.1. The molecule has 0 atom stereocenters. The van der Waals surface area contributed by atoms with Crippen molar-refractivity contribution in [2.75, 3.05) is 6.61 Å². The summed E-state index contributed by atoms with van der Waals surface area (Å²) < 4.78 is 56.3. The van der Waals surface area contributed by atoms with E-state index < -0.39 is 11.9 Å². The van der Waals surface area contributed by atoms with Crippen molar-refractivity contribution in [3.05, 3.63) is 83.1 Å². The molecule has 10 heteroatoms. The second-order valence-corrected chi connectivity index (χ2v) is 8.11. The molecule has 0 amide bonds. The molecule has 0 bridgehead atoms. The van der Waals surface area contributed by atoms with E-state index in [1.807, 2.05) is 0 Å². The summed E-state index contributed by atoms with van der Waals surface area (Å²) in [5, 5.41) is 8.70. The molecule has 5 aromatic rings. The van der Waals surface area contributed by atoms with E-state index in [0.717, 1.165) is 0 Å².